The molecule has 1 heterocycles. The normalized spacial score (nSPS) is 11.0. The van der Waals surface area contributed by atoms with Gasteiger partial charge in [0.1, 0.15) is 5.52 Å². The lowest BCUT2D eigenvalue weighted by Gasteiger charge is -2.09. The molecule has 33 heavy (non-hydrogen) atoms. The molecule has 4 aromatic carbocycles. The predicted molar refractivity (Wildman–Crippen MR) is 132 cm³/mol. The van der Waals surface area contributed by atoms with Gasteiger partial charge in [-0.1, -0.05) is 40.2 Å². The number of oxazole rings is 1. The molecule has 0 aliphatic heterocycles. The SMILES string of the molecule is COc1ccc(-c2nc3cc(NC(=O)c4cccc5c(Br)cccc45)ccc3o2)cc1OC. The molecule has 0 saturated carbocycles. The third kappa shape index (κ3) is 3.91. The van der Waals surface area contributed by atoms with Gasteiger partial charge in [0.25, 0.3) is 5.91 Å². The fourth-order valence-electron chi connectivity index (χ4n) is 3.77. The summed E-state index contributed by atoms with van der Waals surface area (Å²) in [6.45, 7) is 0. The number of rotatable bonds is 5. The number of benzene rings is 4. The van der Waals surface area contributed by atoms with E-state index in [0.717, 1.165) is 20.8 Å². The number of carbonyl (C=O) groups is 1. The van der Waals surface area contributed by atoms with Crippen molar-refractivity contribution in [2.45, 2.75) is 0 Å². The molecule has 0 atom stereocenters. The number of hydrogen-bond donors (Lipinski definition) is 1. The maximum atomic E-state index is 13.0. The fraction of sp³-hybridized carbons (Fsp3) is 0.0769. The molecule has 0 spiro atoms. The van der Waals surface area contributed by atoms with Crippen LogP contribution in [-0.2, 0) is 0 Å². The van der Waals surface area contributed by atoms with E-state index in [4.69, 9.17) is 13.9 Å². The minimum Gasteiger partial charge on any atom is -0.493 e. The maximum absolute atomic E-state index is 13.0. The zero-order valence-corrected chi connectivity index (χ0v) is 19.5. The summed E-state index contributed by atoms with van der Waals surface area (Å²) in [4.78, 5) is 17.6. The third-order valence-electron chi connectivity index (χ3n) is 5.39. The molecule has 1 amide bonds. The lowest BCUT2D eigenvalue weighted by Crippen LogP contribution is -2.12. The molecule has 164 valence electrons. The molecule has 0 unspecified atom stereocenters. The van der Waals surface area contributed by atoms with Crippen molar-refractivity contribution < 1.29 is 18.7 Å². The van der Waals surface area contributed by atoms with Gasteiger partial charge in [-0.2, -0.15) is 0 Å². The van der Waals surface area contributed by atoms with Crippen LogP contribution in [-0.4, -0.2) is 25.1 Å². The minimum atomic E-state index is -0.193. The molecule has 1 N–H and O–H groups in total. The highest BCUT2D eigenvalue weighted by molar-refractivity contribution is 9.10. The first-order chi connectivity index (χ1) is 16.1. The van der Waals surface area contributed by atoms with E-state index in [1.165, 1.54) is 0 Å². The van der Waals surface area contributed by atoms with E-state index in [-0.39, 0.29) is 5.91 Å². The van der Waals surface area contributed by atoms with Gasteiger partial charge >= 0.3 is 0 Å². The second kappa shape index (κ2) is 8.60. The lowest BCUT2D eigenvalue weighted by molar-refractivity contribution is 0.102. The molecule has 0 fully saturated rings. The Kier molecular flexibility index (Phi) is 5.48. The number of amides is 1. The van der Waals surface area contributed by atoms with E-state index in [9.17, 15) is 4.79 Å². The molecule has 5 aromatic rings. The largest absolute Gasteiger partial charge is 0.493 e. The summed E-state index contributed by atoms with van der Waals surface area (Å²) in [5, 5.41) is 4.83. The molecule has 0 aliphatic rings. The number of methoxy groups -OCH3 is 2. The molecule has 6 nitrogen and oxygen atoms in total. The van der Waals surface area contributed by atoms with Crippen molar-refractivity contribution in [1.29, 1.82) is 0 Å². The van der Waals surface area contributed by atoms with Gasteiger partial charge in [0.2, 0.25) is 5.89 Å². The third-order valence-corrected chi connectivity index (χ3v) is 6.08. The Balaban J connectivity index is 1.45. The Morgan fingerprint density at radius 3 is 2.52 bits per heavy atom. The van der Waals surface area contributed by atoms with Crippen molar-refractivity contribution in [2.75, 3.05) is 19.5 Å². The monoisotopic (exact) mass is 502 g/mol. The molecule has 0 aliphatic carbocycles. The van der Waals surface area contributed by atoms with Crippen LogP contribution < -0.4 is 14.8 Å². The van der Waals surface area contributed by atoms with Crippen LogP contribution >= 0.6 is 15.9 Å². The van der Waals surface area contributed by atoms with Crippen LogP contribution in [0.25, 0.3) is 33.3 Å². The Morgan fingerprint density at radius 1 is 0.909 bits per heavy atom. The summed E-state index contributed by atoms with van der Waals surface area (Å²) in [6.07, 6.45) is 0. The number of anilines is 1. The number of halogens is 1. The van der Waals surface area contributed by atoms with Crippen LogP contribution in [0.5, 0.6) is 11.5 Å². The molecule has 0 saturated heterocycles. The summed E-state index contributed by atoms with van der Waals surface area (Å²) >= 11 is 3.55. The number of nitrogens with zero attached hydrogens (tertiary/aromatic N) is 1. The summed E-state index contributed by atoms with van der Waals surface area (Å²) in [6, 6.07) is 22.3. The smallest absolute Gasteiger partial charge is 0.256 e. The summed E-state index contributed by atoms with van der Waals surface area (Å²) in [7, 11) is 3.17. The summed E-state index contributed by atoms with van der Waals surface area (Å²) < 4.78 is 17.5. The quantitative estimate of drug-likeness (QED) is 0.290. The average molecular weight is 503 g/mol. The van der Waals surface area contributed by atoms with Crippen LogP contribution in [0.1, 0.15) is 10.4 Å². The average Bonchev–Trinajstić information content (AvgIpc) is 3.27. The predicted octanol–water partition coefficient (Wildman–Crippen LogP) is 6.68. The van der Waals surface area contributed by atoms with Gasteiger partial charge in [-0.05, 0) is 59.3 Å². The van der Waals surface area contributed by atoms with E-state index in [1.807, 2.05) is 48.5 Å². The van der Waals surface area contributed by atoms with Crippen LogP contribution in [0.3, 0.4) is 0 Å². The highest BCUT2D eigenvalue weighted by Crippen LogP contribution is 2.34. The van der Waals surface area contributed by atoms with Gasteiger partial charge in [0.15, 0.2) is 17.1 Å². The van der Waals surface area contributed by atoms with E-state index >= 15 is 0 Å². The van der Waals surface area contributed by atoms with Crippen LogP contribution in [0.2, 0.25) is 0 Å². The fourth-order valence-corrected chi connectivity index (χ4v) is 4.26. The van der Waals surface area contributed by atoms with Gasteiger partial charge < -0.3 is 19.2 Å². The first kappa shape index (κ1) is 21.0. The number of aromatic nitrogens is 1. The zero-order valence-electron chi connectivity index (χ0n) is 17.9. The number of hydrogen-bond acceptors (Lipinski definition) is 5. The molecule has 0 radical (unpaired) electrons. The van der Waals surface area contributed by atoms with Gasteiger partial charge in [-0.15, -0.1) is 0 Å². The molecular formula is C26H19BrN2O4. The van der Waals surface area contributed by atoms with Crippen molar-refractivity contribution in [1.82, 2.24) is 4.98 Å². The van der Waals surface area contributed by atoms with Crippen molar-refractivity contribution in [3.63, 3.8) is 0 Å². The maximum Gasteiger partial charge on any atom is 0.256 e. The van der Waals surface area contributed by atoms with E-state index < -0.39 is 0 Å². The highest BCUT2D eigenvalue weighted by atomic mass is 79.9. The summed E-state index contributed by atoms with van der Waals surface area (Å²) in [5.74, 6) is 1.48. The van der Waals surface area contributed by atoms with Crippen LogP contribution in [0, 0.1) is 0 Å². The molecule has 1 aromatic heterocycles. The first-order valence-corrected chi connectivity index (χ1v) is 11.0. The van der Waals surface area contributed by atoms with Gasteiger partial charge in [-0.25, -0.2) is 4.98 Å². The number of ether oxygens (including phenoxy) is 2. The molecule has 0 bridgehead atoms. The Hall–Kier alpha value is -3.84. The van der Waals surface area contributed by atoms with Gasteiger partial charge in [0.05, 0.1) is 14.2 Å². The minimum absolute atomic E-state index is 0.193. The van der Waals surface area contributed by atoms with E-state index in [0.29, 0.717) is 39.7 Å². The van der Waals surface area contributed by atoms with Crippen molar-refractivity contribution >= 4 is 49.4 Å². The zero-order chi connectivity index (χ0) is 22.9. The standard InChI is InChI=1S/C26H19BrN2O4/c1-31-23-11-9-15(13-24(23)32-2)26-29-21-14-16(10-12-22(21)33-26)28-25(30)19-7-3-6-18-17(19)5-4-8-20(18)27/h3-14H,1-2H3,(H,28,30). The van der Waals surface area contributed by atoms with Gasteiger partial charge in [0, 0.05) is 21.3 Å². The Labute approximate surface area is 198 Å². The first-order valence-electron chi connectivity index (χ1n) is 10.2. The number of nitrogens with one attached hydrogen (secondary N) is 1. The molecule has 7 heteroatoms. The van der Waals surface area contributed by atoms with Crippen molar-refractivity contribution in [3.05, 3.63) is 82.8 Å². The van der Waals surface area contributed by atoms with Crippen LogP contribution in [0.15, 0.2) is 81.7 Å². The second-order valence-corrected chi connectivity index (χ2v) is 8.22. The summed E-state index contributed by atoms with van der Waals surface area (Å²) in [5.41, 5.74) is 3.24. The molecule has 5 rings (SSSR count). The number of fused-ring (bicyclic) bond motifs is 2. The topological polar surface area (TPSA) is 73.6 Å². The highest BCUT2D eigenvalue weighted by Gasteiger charge is 2.15. The molecular weight excluding hydrogens is 484 g/mol. The van der Waals surface area contributed by atoms with Gasteiger partial charge in [-0.3, -0.25) is 4.79 Å². The number of carbonyl (C=O) groups excluding carboxylic acids is 1. The van der Waals surface area contributed by atoms with Crippen LogP contribution in [0.4, 0.5) is 5.69 Å². The second-order valence-electron chi connectivity index (χ2n) is 7.37. The van der Waals surface area contributed by atoms with E-state index in [2.05, 4.69) is 26.2 Å². The van der Waals surface area contributed by atoms with Crippen molar-refractivity contribution in [2.24, 2.45) is 0 Å². The lowest BCUT2D eigenvalue weighted by atomic mass is 10.0. The Morgan fingerprint density at radius 2 is 1.70 bits per heavy atom. The Bertz CT molecular complexity index is 1510. The van der Waals surface area contributed by atoms with Crippen molar-refractivity contribution in [3.8, 4) is 23.0 Å². The van der Waals surface area contributed by atoms with E-state index in [1.54, 1.807) is 38.5 Å².